The molecule has 0 aliphatic carbocycles. The molecule has 94 valence electrons. The average molecular weight is 333 g/mol. The van der Waals surface area contributed by atoms with Crippen molar-refractivity contribution in [3.8, 4) is 0 Å². The number of carbonyl (C=O) groups is 1. The molecule has 1 heterocycles. The molecule has 1 amide bonds. The number of hydrogen-bond donors (Lipinski definition) is 1. The third-order valence-corrected chi connectivity index (χ3v) is 3.60. The molecular formula is C11H7BrF2N2OS. The Balaban J connectivity index is 2.32. The van der Waals surface area contributed by atoms with Crippen LogP contribution in [0, 0.1) is 18.6 Å². The van der Waals surface area contributed by atoms with Crippen molar-refractivity contribution in [2.24, 2.45) is 0 Å². The quantitative estimate of drug-likeness (QED) is 0.910. The fourth-order valence-electron chi connectivity index (χ4n) is 1.34. The molecule has 0 spiro atoms. The number of hydrogen-bond acceptors (Lipinski definition) is 3. The van der Waals surface area contributed by atoms with Crippen molar-refractivity contribution in [1.82, 2.24) is 4.98 Å². The number of carbonyl (C=O) groups excluding carboxylic acids is 1. The van der Waals surface area contributed by atoms with Gasteiger partial charge >= 0.3 is 0 Å². The van der Waals surface area contributed by atoms with E-state index in [0.29, 0.717) is 3.79 Å². The van der Waals surface area contributed by atoms with Crippen molar-refractivity contribution < 1.29 is 13.6 Å². The summed E-state index contributed by atoms with van der Waals surface area (Å²) in [5.41, 5.74) is -0.386. The molecule has 1 aromatic carbocycles. The zero-order valence-corrected chi connectivity index (χ0v) is 11.5. The van der Waals surface area contributed by atoms with E-state index >= 15 is 0 Å². The summed E-state index contributed by atoms with van der Waals surface area (Å²) >= 11 is 4.33. The van der Waals surface area contributed by atoms with Crippen LogP contribution in [0.25, 0.3) is 0 Å². The van der Waals surface area contributed by atoms with Gasteiger partial charge in [-0.05, 0) is 34.5 Å². The molecule has 0 aliphatic rings. The topological polar surface area (TPSA) is 42.0 Å². The fraction of sp³-hybridized carbons (Fsp3) is 0.0909. The van der Waals surface area contributed by atoms with E-state index in [4.69, 9.17) is 0 Å². The van der Waals surface area contributed by atoms with Gasteiger partial charge < -0.3 is 0 Å². The van der Waals surface area contributed by atoms with Crippen LogP contribution in [0.1, 0.15) is 15.9 Å². The van der Waals surface area contributed by atoms with Crippen LogP contribution in [0.2, 0.25) is 0 Å². The maximum atomic E-state index is 13.7. The molecule has 2 rings (SSSR count). The van der Waals surface area contributed by atoms with E-state index in [0.717, 1.165) is 17.4 Å². The second-order valence-corrected chi connectivity index (χ2v) is 5.89. The first-order valence-electron chi connectivity index (χ1n) is 4.86. The van der Waals surface area contributed by atoms with Gasteiger partial charge in [-0.2, -0.15) is 0 Å². The lowest BCUT2D eigenvalue weighted by Gasteiger charge is -2.06. The largest absolute Gasteiger partial charge is 0.298 e. The number of thiazole rings is 1. The lowest BCUT2D eigenvalue weighted by Crippen LogP contribution is -2.16. The first kappa shape index (κ1) is 13.1. The van der Waals surface area contributed by atoms with Crippen molar-refractivity contribution in [2.75, 3.05) is 5.32 Å². The number of nitrogens with one attached hydrogen (secondary N) is 1. The standard InChI is InChI=1S/C11H7BrF2N2OS/c1-5-2-3-6(13)8(9(5)14)10(17)16-11-15-4-7(12)18-11/h2-4H,1H3,(H,15,16,17). The van der Waals surface area contributed by atoms with Crippen molar-refractivity contribution in [3.63, 3.8) is 0 Å². The Morgan fingerprint density at radius 2 is 2.17 bits per heavy atom. The Kier molecular flexibility index (Phi) is 3.72. The molecule has 3 nitrogen and oxygen atoms in total. The molecule has 0 saturated carbocycles. The van der Waals surface area contributed by atoms with Crippen LogP contribution in [0.5, 0.6) is 0 Å². The van der Waals surface area contributed by atoms with Crippen molar-refractivity contribution in [1.29, 1.82) is 0 Å². The zero-order valence-electron chi connectivity index (χ0n) is 9.13. The Bertz CT molecular complexity index is 615. The van der Waals surface area contributed by atoms with Gasteiger partial charge in [0.2, 0.25) is 0 Å². The number of amides is 1. The fourth-order valence-corrected chi connectivity index (χ4v) is 2.44. The third kappa shape index (κ3) is 2.56. The number of halogens is 3. The third-order valence-electron chi connectivity index (χ3n) is 2.21. The molecule has 0 fully saturated rings. The zero-order chi connectivity index (χ0) is 13.3. The minimum atomic E-state index is -0.897. The van der Waals surface area contributed by atoms with Gasteiger partial charge in [0.1, 0.15) is 17.2 Å². The maximum Gasteiger partial charge on any atom is 0.263 e. The van der Waals surface area contributed by atoms with E-state index < -0.39 is 23.1 Å². The number of nitrogens with zero attached hydrogens (tertiary/aromatic N) is 1. The summed E-state index contributed by atoms with van der Waals surface area (Å²) in [7, 11) is 0. The second-order valence-electron chi connectivity index (χ2n) is 3.48. The Morgan fingerprint density at radius 1 is 1.44 bits per heavy atom. The lowest BCUT2D eigenvalue weighted by atomic mass is 10.1. The number of rotatable bonds is 2. The number of aryl methyl sites for hydroxylation is 1. The van der Waals surface area contributed by atoms with Crippen molar-refractivity contribution in [3.05, 3.63) is 44.9 Å². The monoisotopic (exact) mass is 332 g/mol. The van der Waals surface area contributed by atoms with E-state index in [1.807, 2.05) is 0 Å². The number of anilines is 1. The first-order valence-corrected chi connectivity index (χ1v) is 6.47. The van der Waals surface area contributed by atoms with Gasteiger partial charge in [-0.3, -0.25) is 10.1 Å². The van der Waals surface area contributed by atoms with Gasteiger partial charge in [-0.25, -0.2) is 13.8 Å². The van der Waals surface area contributed by atoms with E-state index in [1.54, 1.807) is 0 Å². The highest BCUT2D eigenvalue weighted by Crippen LogP contribution is 2.24. The molecule has 1 aromatic heterocycles. The van der Waals surface area contributed by atoms with Crippen LogP contribution in [-0.2, 0) is 0 Å². The van der Waals surface area contributed by atoms with E-state index in [9.17, 15) is 13.6 Å². The molecule has 18 heavy (non-hydrogen) atoms. The van der Waals surface area contributed by atoms with Crippen LogP contribution in [0.15, 0.2) is 22.1 Å². The Hall–Kier alpha value is -1.34. The molecule has 0 radical (unpaired) electrons. The van der Waals surface area contributed by atoms with Crippen LogP contribution < -0.4 is 5.32 Å². The minimum absolute atomic E-state index is 0.210. The molecule has 0 bridgehead atoms. The van der Waals surface area contributed by atoms with E-state index in [-0.39, 0.29) is 10.7 Å². The predicted octanol–water partition coefficient (Wildman–Crippen LogP) is 3.74. The average Bonchev–Trinajstić information content (AvgIpc) is 2.70. The second kappa shape index (κ2) is 5.11. The summed E-state index contributed by atoms with van der Waals surface area (Å²) in [5.74, 6) is -2.61. The Labute approximate surface area is 114 Å². The van der Waals surface area contributed by atoms with E-state index in [1.165, 1.54) is 19.2 Å². The van der Waals surface area contributed by atoms with Crippen LogP contribution in [0.3, 0.4) is 0 Å². The summed E-state index contributed by atoms with van der Waals surface area (Å²) in [6.45, 7) is 1.46. The van der Waals surface area contributed by atoms with E-state index in [2.05, 4.69) is 26.2 Å². The van der Waals surface area contributed by atoms with Gasteiger partial charge in [0, 0.05) is 0 Å². The van der Waals surface area contributed by atoms with Gasteiger partial charge in [-0.1, -0.05) is 17.4 Å². The molecule has 0 unspecified atom stereocenters. The number of aromatic nitrogens is 1. The highest BCUT2D eigenvalue weighted by atomic mass is 79.9. The van der Waals surface area contributed by atoms with Gasteiger partial charge in [0.25, 0.3) is 5.91 Å². The normalized spacial score (nSPS) is 10.4. The smallest absolute Gasteiger partial charge is 0.263 e. The summed E-state index contributed by atoms with van der Waals surface area (Å²) in [4.78, 5) is 15.6. The van der Waals surface area contributed by atoms with Crippen molar-refractivity contribution >= 4 is 38.3 Å². The molecular weight excluding hydrogens is 326 g/mol. The summed E-state index contributed by atoms with van der Waals surface area (Å²) in [6, 6.07) is 2.34. The SMILES string of the molecule is Cc1ccc(F)c(C(=O)Nc2ncc(Br)s2)c1F. The number of benzene rings is 1. The van der Waals surface area contributed by atoms with Gasteiger partial charge in [0.05, 0.1) is 9.98 Å². The first-order chi connectivity index (χ1) is 8.49. The Morgan fingerprint density at radius 3 is 2.78 bits per heavy atom. The van der Waals surface area contributed by atoms with Crippen LogP contribution in [0.4, 0.5) is 13.9 Å². The predicted molar refractivity (Wildman–Crippen MR) is 68.9 cm³/mol. The highest BCUT2D eigenvalue weighted by molar-refractivity contribution is 9.11. The molecule has 0 saturated heterocycles. The van der Waals surface area contributed by atoms with Gasteiger partial charge in [0.15, 0.2) is 5.13 Å². The van der Waals surface area contributed by atoms with Crippen LogP contribution >= 0.6 is 27.3 Å². The molecule has 0 aliphatic heterocycles. The van der Waals surface area contributed by atoms with Crippen molar-refractivity contribution in [2.45, 2.75) is 6.92 Å². The lowest BCUT2D eigenvalue weighted by molar-refractivity contribution is 0.101. The molecule has 7 heteroatoms. The highest BCUT2D eigenvalue weighted by Gasteiger charge is 2.19. The summed E-state index contributed by atoms with van der Waals surface area (Å²) in [5, 5.41) is 2.62. The summed E-state index contributed by atoms with van der Waals surface area (Å²) < 4.78 is 27.9. The summed E-state index contributed by atoms with van der Waals surface area (Å²) in [6.07, 6.45) is 1.49. The molecule has 2 aromatic rings. The van der Waals surface area contributed by atoms with Gasteiger partial charge in [-0.15, -0.1) is 0 Å². The maximum absolute atomic E-state index is 13.7. The molecule has 1 N–H and O–H groups in total. The molecule has 0 atom stereocenters. The van der Waals surface area contributed by atoms with Crippen LogP contribution in [-0.4, -0.2) is 10.9 Å². The minimum Gasteiger partial charge on any atom is -0.298 e.